The quantitative estimate of drug-likeness (QED) is 0.636. The Hall–Kier alpha value is -1.47. The van der Waals surface area contributed by atoms with Crippen LogP contribution in [0.25, 0.3) is 0 Å². The topological polar surface area (TPSA) is 97.1 Å². The number of hydrogen-bond acceptors (Lipinski definition) is 5. The van der Waals surface area contributed by atoms with Gasteiger partial charge in [0.05, 0.1) is 6.54 Å². The van der Waals surface area contributed by atoms with Crippen LogP contribution >= 0.6 is 0 Å². The lowest BCUT2D eigenvalue weighted by molar-refractivity contribution is -0.140. The molecule has 0 saturated heterocycles. The number of hydrogen-bond donors (Lipinski definition) is 2. The Morgan fingerprint density at radius 3 is 3.00 bits per heavy atom. The first-order valence-electron chi connectivity index (χ1n) is 4.51. The van der Waals surface area contributed by atoms with Crippen LogP contribution in [0.15, 0.2) is 6.33 Å². The normalized spacial score (nSPS) is 12.5. The molecule has 0 spiro atoms. The molecule has 0 aliphatic rings. The van der Waals surface area contributed by atoms with Crippen molar-refractivity contribution in [3.63, 3.8) is 0 Å². The van der Waals surface area contributed by atoms with Crippen LogP contribution in [0.2, 0.25) is 0 Å². The number of amides is 1. The third-order valence-corrected chi connectivity index (χ3v) is 2.00. The van der Waals surface area contributed by atoms with Crippen molar-refractivity contribution in [3.05, 3.63) is 12.2 Å². The zero-order chi connectivity index (χ0) is 11.3. The molecule has 3 N–H and O–H groups in total. The number of rotatable bonds is 5. The van der Waals surface area contributed by atoms with E-state index in [9.17, 15) is 4.79 Å². The molecule has 0 aliphatic carbocycles. The van der Waals surface area contributed by atoms with Crippen molar-refractivity contribution < 1.29 is 9.53 Å². The molecule has 1 rings (SSSR count). The Bertz CT molecular complexity index is 296. The van der Waals surface area contributed by atoms with Crippen molar-refractivity contribution in [3.8, 4) is 0 Å². The SMILES string of the molecule is COC(CN)C(=O)N(C)Cc1ncn[nH]1. The smallest absolute Gasteiger partial charge is 0.253 e. The monoisotopic (exact) mass is 213 g/mol. The second kappa shape index (κ2) is 5.42. The van der Waals surface area contributed by atoms with E-state index >= 15 is 0 Å². The minimum atomic E-state index is -0.599. The maximum atomic E-state index is 11.7. The van der Waals surface area contributed by atoms with E-state index in [0.717, 1.165) is 0 Å². The molecule has 1 heterocycles. The van der Waals surface area contributed by atoms with Gasteiger partial charge in [0.25, 0.3) is 5.91 Å². The van der Waals surface area contributed by atoms with Gasteiger partial charge in [-0.1, -0.05) is 0 Å². The molecule has 1 aromatic heterocycles. The molecule has 1 aromatic rings. The van der Waals surface area contributed by atoms with Crippen molar-refractivity contribution >= 4 is 5.91 Å². The zero-order valence-electron chi connectivity index (χ0n) is 8.80. The number of carbonyl (C=O) groups is 1. The van der Waals surface area contributed by atoms with Crippen LogP contribution in [-0.2, 0) is 16.1 Å². The summed E-state index contributed by atoms with van der Waals surface area (Å²) in [5.74, 6) is 0.453. The maximum Gasteiger partial charge on any atom is 0.253 e. The second-order valence-electron chi connectivity index (χ2n) is 3.09. The highest BCUT2D eigenvalue weighted by molar-refractivity contribution is 5.80. The van der Waals surface area contributed by atoms with Gasteiger partial charge in [-0.2, -0.15) is 5.10 Å². The first kappa shape index (κ1) is 11.6. The lowest BCUT2D eigenvalue weighted by atomic mass is 10.3. The minimum absolute atomic E-state index is 0.163. The van der Waals surface area contributed by atoms with E-state index in [-0.39, 0.29) is 12.5 Å². The van der Waals surface area contributed by atoms with Gasteiger partial charge in [-0.05, 0) is 0 Å². The third-order valence-electron chi connectivity index (χ3n) is 2.00. The molecule has 0 saturated carbocycles. The van der Waals surface area contributed by atoms with E-state index in [1.54, 1.807) is 7.05 Å². The Balaban J connectivity index is 2.53. The number of nitrogens with two attached hydrogens (primary N) is 1. The van der Waals surface area contributed by atoms with Crippen LogP contribution in [0, 0.1) is 0 Å². The molecule has 1 amide bonds. The summed E-state index contributed by atoms with van der Waals surface area (Å²) in [5.41, 5.74) is 5.39. The van der Waals surface area contributed by atoms with Crippen LogP contribution in [0.4, 0.5) is 0 Å². The Morgan fingerprint density at radius 1 is 1.80 bits per heavy atom. The fourth-order valence-electron chi connectivity index (χ4n) is 1.15. The Morgan fingerprint density at radius 2 is 2.53 bits per heavy atom. The van der Waals surface area contributed by atoms with Crippen LogP contribution in [0.5, 0.6) is 0 Å². The largest absolute Gasteiger partial charge is 0.370 e. The molecule has 0 radical (unpaired) electrons. The molecule has 0 aromatic carbocycles. The number of H-pyrrole nitrogens is 1. The van der Waals surface area contributed by atoms with Crippen molar-refractivity contribution in [2.75, 3.05) is 20.7 Å². The molecule has 1 unspecified atom stereocenters. The minimum Gasteiger partial charge on any atom is -0.370 e. The van der Waals surface area contributed by atoms with Gasteiger partial charge in [0.2, 0.25) is 0 Å². The fraction of sp³-hybridized carbons (Fsp3) is 0.625. The van der Waals surface area contributed by atoms with E-state index in [1.165, 1.54) is 18.3 Å². The number of nitrogens with one attached hydrogen (secondary N) is 1. The standard InChI is InChI=1S/C8H15N5O2/c1-13(4-7-10-5-11-12-7)8(14)6(3-9)15-2/h5-6H,3-4,9H2,1-2H3,(H,10,11,12). The fourth-order valence-corrected chi connectivity index (χ4v) is 1.15. The summed E-state index contributed by atoms with van der Waals surface area (Å²) in [5, 5.41) is 6.36. The molecule has 0 aliphatic heterocycles. The predicted molar refractivity (Wildman–Crippen MR) is 52.7 cm³/mol. The molecule has 15 heavy (non-hydrogen) atoms. The van der Waals surface area contributed by atoms with Gasteiger partial charge in [0.1, 0.15) is 18.3 Å². The molecule has 7 heteroatoms. The number of ether oxygens (including phenoxy) is 1. The molecule has 0 fully saturated rings. The number of aromatic amines is 1. The molecule has 0 bridgehead atoms. The third kappa shape index (κ3) is 3.00. The summed E-state index contributed by atoms with van der Waals surface area (Å²) in [6.07, 6.45) is 0.794. The highest BCUT2D eigenvalue weighted by Crippen LogP contribution is 1.99. The summed E-state index contributed by atoms with van der Waals surface area (Å²) in [6.45, 7) is 0.523. The van der Waals surface area contributed by atoms with Gasteiger partial charge in [0.15, 0.2) is 0 Å². The number of aromatic nitrogens is 3. The summed E-state index contributed by atoms with van der Waals surface area (Å²) < 4.78 is 4.94. The summed E-state index contributed by atoms with van der Waals surface area (Å²) >= 11 is 0. The molecule has 84 valence electrons. The Labute approximate surface area is 87.6 Å². The highest BCUT2D eigenvalue weighted by Gasteiger charge is 2.20. The number of nitrogens with zero attached hydrogens (tertiary/aromatic N) is 3. The lowest BCUT2D eigenvalue weighted by Crippen LogP contribution is -2.41. The molecular formula is C8H15N5O2. The van der Waals surface area contributed by atoms with Crippen LogP contribution < -0.4 is 5.73 Å². The van der Waals surface area contributed by atoms with Crippen LogP contribution in [0.3, 0.4) is 0 Å². The van der Waals surface area contributed by atoms with Crippen molar-refractivity contribution in [1.82, 2.24) is 20.1 Å². The number of methoxy groups -OCH3 is 1. The van der Waals surface area contributed by atoms with E-state index in [1.807, 2.05) is 0 Å². The van der Waals surface area contributed by atoms with Gasteiger partial charge in [0, 0.05) is 20.7 Å². The van der Waals surface area contributed by atoms with Gasteiger partial charge in [-0.3, -0.25) is 9.89 Å². The zero-order valence-corrected chi connectivity index (χ0v) is 8.80. The van der Waals surface area contributed by atoms with Crippen LogP contribution in [-0.4, -0.2) is 52.8 Å². The van der Waals surface area contributed by atoms with Gasteiger partial charge in [-0.15, -0.1) is 0 Å². The average molecular weight is 213 g/mol. The number of likely N-dealkylation sites (N-methyl/N-ethyl adjacent to an activating group) is 1. The number of carbonyl (C=O) groups excluding carboxylic acids is 1. The highest BCUT2D eigenvalue weighted by atomic mass is 16.5. The molecule has 1 atom stereocenters. The first-order valence-corrected chi connectivity index (χ1v) is 4.51. The summed E-state index contributed by atoms with van der Waals surface area (Å²) in [4.78, 5) is 17.1. The van der Waals surface area contributed by atoms with Crippen molar-refractivity contribution in [1.29, 1.82) is 0 Å². The second-order valence-corrected chi connectivity index (χ2v) is 3.09. The lowest BCUT2D eigenvalue weighted by Gasteiger charge is -2.20. The molecular weight excluding hydrogens is 198 g/mol. The van der Waals surface area contributed by atoms with Crippen molar-refractivity contribution in [2.45, 2.75) is 12.6 Å². The van der Waals surface area contributed by atoms with E-state index < -0.39 is 6.10 Å². The van der Waals surface area contributed by atoms with E-state index in [0.29, 0.717) is 12.4 Å². The predicted octanol–water partition coefficient (Wildman–Crippen LogP) is -1.26. The van der Waals surface area contributed by atoms with E-state index in [2.05, 4.69) is 15.2 Å². The summed E-state index contributed by atoms with van der Waals surface area (Å²) in [7, 11) is 3.12. The van der Waals surface area contributed by atoms with Crippen LogP contribution in [0.1, 0.15) is 5.82 Å². The Kier molecular flexibility index (Phi) is 4.19. The van der Waals surface area contributed by atoms with Gasteiger partial charge < -0.3 is 15.4 Å². The summed E-state index contributed by atoms with van der Waals surface area (Å²) in [6, 6.07) is 0. The van der Waals surface area contributed by atoms with E-state index in [4.69, 9.17) is 10.5 Å². The average Bonchev–Trinajstić information content (AvgIpc) is 2.72. The first-order chi connectivity index (χ1) is 7.19. The van der Waals surface area contributed by atoms with Gasteiger partial charge >= 0.3 is 0 Å². The van der Waals surface area contributed by atoms with Crippen molar-refractivity contribution in [2.24, 2.45) is 5.73 Å². The maximum absolute atomic E-state index is 11.7. The van der Waals surface area contributed by atoms with Gasteiger partial charge in [-0.25, -0.2) is 4.98 Å². The molecule has 7 nitrogen and oxygen atoms in total.